The molecule has 0 aliphatic heterocycles. The highest BCUT2D eigenvalue weighted by atomic mass is 35.5. The van der Waals surface area contributed by atoms with Crippen LogP contribution in [0.2, 0.25) is 5.15 Å². The van der Waals surface area contributed by atoms with Crippen molar-refractivity contribution in [1.82, 2.24) is 4.98 Å². The normalized spacial score (nSPS) is 9.73. The van der Waals surface area contributed by atoms with Crippen molar-refractivity contribution in [2.75, 3.05) is 7.11 Å². The van der Waals surface area contributed by atoms with Gasteiger partial charge in [-0.1, -0.05) is 11.6 Å². The first-order valence-electron chi connectivity index (χ1n) is 3.91. The molecule has 1 heterocycles. The fourth-order valence-electron chi connectivity index (χ4n) is 0.973. The van der Waals surface area contributed by atoms with Crippen LogP contribution in [0.25, 0.3) is 0 Å². The van der Waals surface area contributed by atoms with E-state index in [1.54, 1.807) is 0 Å². The van der Waals surface area contributed by atoms with Crippen molar-refractivity contribution in [1.29, 1.82) is 0 Å². The number of ether oxygens (including phenoxy) is 1. The van der Waals surface area contributed by atoms with E-state index < -0.39 is 10.9 Å². The molecule has 0 saturated carbocycles. The van der Waals surface area contributed by atoms with Gasteiger partial charge in [0, 0.05) is 6.07 Å². The zero-order valence-electron chi connectivity index (χ0n) is 7.77. The zero-order chi connectivity index (χ0) is 11.4. The molecule has 15 heavy (non-hydrogen) atoms. The third kappa shape index (κ3) is 2.88. The Kier molecular flexibility index (Phi) is 3.56. The van der Waals surface area contributed by atoms with Gasteiger partial charge in [0.1, 0.15) is 10.8 Å². The highest BCUT2D eigenvalue weighted by Gasteiger charge is 2.18. The smallest absolute Gasteiger partial charge is 0.311 e. The number of hydrogen-bond acceptors (Lipinski definition) is 5. The molecule has 6 nitrogen and oxygen atoms in total. The van der Waals surface area contributed by atoms with Crippen molar-refractivity contribution in [3.8, 4) is 0 Å². The number of nitrogens with zero attached hydrogens (tertiary/aromatic N) is 2. The van der Waals surface area contributed by atoms with E-state index >= 15 is 0 Å². The maximum atomic E-state index is 10.9. The first kappa shape index (κ1) is 11.4. The molecule has 0 fully saturated rings. The minimum atomic E-state index is -0.623. The maximum absolute atomic E-state index is 10.9. The summed E-state index contributed by atoms with van der Waals surface area (Å²) < 4.78 is 4.38. The second-order valence-electron chi connectivity index (χ2n) is 2.61. The largest absolute Gasteiger partial charge is 0.469 e. The summed E-state index contributed by atoms with van der Waals surface area (Å²) in [5.41, 5.74) is -0.246. The number of esters is 1. The fraction of sp³-hybridized carbons (Fsp3) is 0.250. The molecule has 0 atom stereocenters. The molecule has 0 aliphatic rings. The van der Waals surface area contributed by atoms with Gasteiger partial charge < -0.3 is 4.74 Å². The van der Waals surface area contributed by atoms with E-state index in [9.17, 15) is 14.9 Å². The van der Waals surface area contributed by atoms with Crippen LogP contribution in [0.1, 0.15) is 5.69 Å². The van der Waals surface area contributed by atoms with E-state index in [4.69, 9.17) is 11.6 Å². The highest BCUT2D eigenvalue weighted by Crippen LogP contribution is 2.19. The summed E-state index contributed by atoms with van der Waals surface area (Å²) in [6.45, 7) is 0. The van der Waals surface area contributed by atoms with Gasteiger partial charge in [0.2, 0.25) is 0 Å². The highest BCUT2D eigenvalue weighted by molar-refractivity contribution is 6.29. The van der Waals surface area contributed by atoms with Crippen molar-refractivity contribution < 1.29 is 14.5 Å². The second-order valence-corrected chi connectivity index (χ2v) is 3.00. The van der Waals surface area contributed by atoms with Crippen molar-refractivity contribution in [3.63, 3.8) is 0 Å². The van der Waals surface area contributed by atoms with E-state index in [0.717, 1.165) is 0 Å². The molecular formula is C8H7ClN2O4. The molecule has 1 aromatic rings. The number of halogens is 1. The Morgan fingerprint density at radius 2 is 2.33 bits per heavy atom. The summed E-state index contributed by atoms with van der Waals surface area (Å²) in [4.78, 5) is 24.6. The fourth-order valence-corrected chi connectivity index (χ4v) is 1.14. The Balaban J connectivity index is 3.07. The number of aromatic nitrogens is 1. The summed E-state index contributed by atoms with van der Waals surface area (Å²) in [7, 11) is 1.19. The second kappa shape index (κ2) is 4.70. The van der Waals surface area contributed by atoms with Crippen LogP contribution >= 0.6 is 11.6 Å². The van der Waals surface area contributed by atoms with Crippen LogP contribution in [0.4, 0.5) is 5.69 Å². The Bertz CT molecular complexity index is 408. The lowest BCUT2D eigenvalue weighted by atomic mass is 10.2. The van der Waals surface area contributed by atoms with Crippen LogP contribution in [0.15, 0.2) is 12.1 Å². The van der Waals surface area contributed by atoms with E-state index in [0.29, 0.717) is 0 Å². The standard InChI is InChI=1S/C8H7ClN2O4/c1-15-8(12)4-5-6(11(13)14)2-3-7(9)10-5/h2-3H,4H2,1H3. The summed E-state index contributed by atoms with van der Waals surface area (Å²) in [5.74, 6) is -0.604. The number of rotatable bonds is 3. The monoisotopic (exact) mass is 230 g/mol. The number of hydrogen-bond donors (Lipinski definition) is 0. The van der Waals surface area contributed by atoms with Gasteiger partial charge in [-0.15, -0.1) is 0 Å². The summed E-state index contributed by atoms with van der Waals surface area (Å²) in [6, 6.07) is 2.49. The molecule has 0 amide bonds. The molecule has 7 heteroatoms. The van der Waals surface area contributed by atoms with Crippen LogP contribution in [0.5, 0.6) is 0 Å². The predicted molar refractivity (Wildman–Crippen MR) is 51.6 cm³/mol. The van der Waals surface area contributed by atoms with E-state index in [2.05, 4.69) is 9.72 Å². The Morgan fingerprint density at radius 3 is 2.87 bits per heavy atom. The van der Waals surface area contributed by atoms with Gasteiger partial charge in [-0.05, 0) is 6.07 Å². The van der Waals surface area contributed by atoms with Crippen LogP contribution in [-0.4, -0.2) is 23.0 Å². The topological polar surface area (TPSA) is 82.3 Å². The molecule has 0 aromatic carbocycles. The Morgan fingerprint density at radius 1 is 1.67 bits per heavy atom. The summed E-state index contributed by atoms with van der Waals surface area (Å²) >= 11 is 5.56. The quantitative estimate of drug-likeness (QED) is 0.339. The molecule has 0 spiro atoms. The molecular weight excluding hydrogens is 224 g/mol. The number of methoxy groups -OCH3 is 1. The van der Waals surface area contributed by atoms with Crippen molar-refractivity contribution >= 4 is 23.3 Å². The van der Waals surface area contributed by atoms with E-state index in [-0.39, 0.29) is 23.0 Å². The number of pyridine rings is 1. The van der Waals surface area contributed by atoms with Gasteiger partial charge in [0.05, 0.1) is 18.5 Å². The molecule has 1 aromatic heterocycles. The van der Waals surface area contributed by atoms with Gasteiger partial charge in [0.25, 0.3) is 5.69 Å². The molecule has 0 unspecified atom stereocenters. The van der Waals surface area contributed by atoms with Crippen molar-refractivity contribution in [3.05, 3.63) is 33.1 Å². The lowest BCUT2D eigenvalue weighted by Gasteiger charge is -2.01. The molecule has 1 rings (SSSR count). The number of carbonyl (C=O) groups is 1. The van der Waals surface area contributed by atoms with Gasteiger partial charge in [-0.25, -0.2) is 4.98 Å². The number of carbonyl (C=O) groups excluding carboxylic acids is 1. The van der Waals surface area contributed by atoms with E-state index in [1.807, 2.05) is 0 Å². The summed E-state index contributed by atoms with van der Waals surface area (Å²) in [6.07, 6.45) is -0.270. The van der Waals surface area contributed by atoms with Crippen molar-refractivity contribution in [2.24, 2.45) is 0 Å². The van der Waals surface area contributed by atoms with Gasteiger partial charge >= 0.3 is 5.97 Å². The van der Waals surface area contributed by atoms with Crippen LogP contribution in [-0.2, 0) is 16.0 Å². The maximum Gasteiger partial charge on any atom is 0.311 e. The first-order chi connectivity index (χ1) is 7.04. The average Bonchev–Trinajstić information content (AvgIpc) is 2.17. The molecule has 0 radical (unpaired) electrons. The van der Waals surface area contributed by atoms with Gasteiger partial charge in [0.15, 0.2) is 0 Å². The van der Waals surface area contributed by atoms with Gasteiger partial charge in [-0.2, -0.15) is 0 Å². The SMILES string of the molecule is COC(=O)Cc1nc(Cl)ccc1[N+](=O)[O-]. The lowest BCUT2D eigenvalue weighted by molar-refractivity contribution is -0.385. The third-order valence-corrected chi connectivity index (χ3v) is 1.86. The van der Waals surface area contributed by atoms with E-state index in [1.165, 1.54) is 19.2 Å². The Hall–Kier alpha value is -1.69. The van der Waals surface area contributed by atoms with Crippen LogP contribution in [0, 0.1) is 10.1 Å². The minimum Gasteiger partial charge on any atom is -0.469 e. The molecule has 0 bridgehead atoms. The molecule has 0 N–H and O–H groups in total. The predicted octanol–water partition coefficient (Wildman–Crippen LogP) is 1.36. The first-order valence-corrected chi connectivity index (χ1v) is 4.29. The Labute approximate surface area is 90.0 Å². The van der Waals surface area contributed by atoms with Gasteiger partial charge in [-0.3, -0.25) is 14.9 Å². The molecule has 0 aliphatic carbocycles. The lowest BCUT2D eigenvalue weighted by Crippen LogP contribution is -2.08. The molecule has 80 valence electrons. The zero-order valence-corrected chi connectivity index (χ0v) is 8.52. The minimum absolute atomic E-state index is 0.000602. The molecule has 0 saturated heterocycles. The van der Waals surface area contributed by atoms with Crippen LogP contribution in [0.3, 0.4) is 0 Å². The van der Waals surface area contributed by atoms with Crippen LogP contribution < -0.4 is 0 Å². The summed E-state index contributed by atoms with van der Waals surface area (Å²) in [5, 5.41) is 10.7. The number of nitro groups is 1. The average molecular weight is 231 g/mol. The third-order valence-electron chi connectivity index (χ3n) is 1.65. The van der Waals surface area contributed by atoms with Crippen molar-refractivity contribution in [2.45, 2.75) is 6.42 Å².